The fourth-order valence-corrected chi connectivity index (χ4v) is 1.50. The molecule has 0 spiro atoms. The molecular weight excluding hydrogens is 234 g/mol. The summed E-state index contributed by atoms with van der Waals surface area (Å²) in [6, 6.07) is 5.30. The van der Waals surface area contributed by atoms with Gasteiger partial charge in [0.15, 0.2) is 11.5 Å². The third-order valence-corrected chi connectivity index (χ3v) is 3.12. The Kier molecular flexibility index (Phi) is 4.06. The summed E-state index contributed by atoms with van der Waals surface area (Å²) in [5.41, 5.74) is -0.250. The first-order valence-electron chi connectivity index (χ1n) is 5.53. The zero-order chi connectivity index (χ0) is 13.9. The van der Waals surface area contributed by atoms with E-state index in [2.05, 4.69) is 0 Å². The molecule has 0 aliphatic carbocycles. The standard InChI is InChI=1S/C13H19NO4/c1-13(2,12(15)16)14(3)9-6-7-10(17-4)11(8-9)18-5/h6-8H,1-5H3,(H,15,16). The van der Waals surface area contributed by atoms with Gasteiger partial charge in [0.1, 0.15) is 5.54 Å². The van der Waals surface area contributed by atoms with Gasteiger partial charge in [-0.1, -0.05) is 0 Å². The van der Waals surface area contributed by atoms with Gasteiger partial charge in [0.2, 0.25) is 0 Å². The molecule has 5 nitrogen and oxygen atoms in total. The van der Waals surface area contributed by atoms with Crippen molar-refractivity contribution in [2.24, 2.45) is 0 Å². The van der Waals surface area contributed by atoms with Crippen molar-refractivity contribution >= 4 is 11.7 Å². The largest absolute Gasteiger partial charge is 0.493 e. The molecule has 1 rings (SSSR count). The lowest BCUT2D eigenvalue weighted by molar-refractivity contribution is -0.142. The first-order chi connectivity index (χ1) is 8.34. The van der Waals surface area contributed by atoms with E-state index in [1.165, 1.54) is 0 Å². The molecule has 0 atom stereocenters. The fourth-order valence-electron chi connectivity index (χ4n) is 1.50. The summed E-state index contributed by atoms with van der Waals surface area (Å²) in [5.74, 6) is 0.297. The number of carboxylic acids is 1. The van der Waals surface area contributed by atoms with Crippen LogP contribution in [-0.2, 0) is 4.79 Å². The van der Waals surface area contributed by atoms with Crippen LogP contribution in [0.5, 0.6) is 11.5 Å². The molecule has 1 N–H and O–H groups in total. The van der Waals surface area contributed by atoms with Crippen LogP contribution in [0.3, 0.4) is 0 Å². The number of anilines is 1. The smallest absolute Gasteiger partial charge is 0.328 e. The summed E-state index contributed by atoms with van der Waals surface area (Å²) in [6.07, 6.45) is 0. The van der Waals surface area contributed by atoms with E-state index in [1.54, 1.807) is 58.2 Å². The minimum absolute atomic E-state index is 0.572. The number of hydrogen-bond acceptors (Lipinski definition) is 4. The Bertz CT molecular complexity index is 443. The van der Waals surface area contributed by atoms with E-state index in [0.29, 0.717) is 11.5 Å². The van der Waals surface area contributed by atoms with Crippen LogP contribution in [0.1, 0.15) is 13.8 Å². The number of rotatable bonds is 5. The summed E-state index contributed by atoms with van der Waals surface area (Å²) < 4.78 is 10.3. The van der Waals surface area contributed by atoms with Gasteiger partial charge in [-0.3, -0.25) is 0 Å². The van der Waals surface area contributed by atoms with Crippen molar-refractivity contribution in [1.82, 2.24) is 0 Å². The highest BCUT2D eigenvalue weighted by Gasteiger charge is 2.32. The Balaban J connectivity index is 3.15. The Labute approximate surface area is 107 Å². The molecule has 0 unspecified atom stereocenters. The van der Waals surface area contributed by atoms with Gasteiger partial charge in [0.25, 0.3) is 0 Å². The van der Waals surface area contributed by atoms with E-state index in [-0.39, 0.29) is 0 Å². The third kappa shape index (κ3) is 2.50. The average molecular weight is 253 g/mol. The van der Waals surface area contributed by atoms with Crippen molar-refractivity contribution in [2.45, 2.75) is 19.4 Å². The third-order valence-electron chi connectivity index (χ3n) is 3.12. The highest BCUT2D eigenvalue weighted by atomic mass is 16.5. The number of nitrogens with zero attached hydrogens (tertiary/aromatic N) is 1. The average Bonchev–Trinajstić information content (AvgIpc) is 2.36. The van der Waals surface area contributed by atoms with Crippen molar-refractivity contribution in [1.29, 1.82) is 0 Å². The van der Waals surface area contributed by atoms with E-state index in [0.717, 1.165) is 5.69 Å². The quantitative estimate of drug-likeness (QED) is 0.869. The normalized spacial score (nSPS) is 10.9. The summed E-state index contributed by atoms with van der Waals surface area (Å²) in [7, 11) is 4.84. The van der Waals surface area contributed by atoms with Gasteiger partial charge in [-0.05, 0) is 26.0 Å². The number of aliphatic carboxylic acids is 1. The van der Waals surface area contributed by atoms with Gasteiger partial charge in [-0.15, -0.1) is 0 Å². The first kappa shape index (κ1) is 14.2. The summed E-state index contributed by atoms with van der Waals surface area (Å²) in [5, 5.41) is 9.20. The molecule has 1 aromatic rings. The Morgan fingerprint density at radius 1 is 1.22 bits per heavy atom. The van der Waals surface area contributed by atoms with Gasteiger partial charge in [0.05, 0.1) is 14.2 Å². The highest BCUT2D eigenvalue weighted by molar-refractivity contribution is 5.82. The number of hydrogen-bond donors (Lipinski definition) is 1. The zero-order valence-electron chi connectivity index (χ0n) is 11.4. The molecule has 0 amide bonds. The van der Waals surface area contributed by atoms with E-state index in [4.69, 9.17) is 9.47 Å². The minimum atomic E-state index is -1.00. The maximum absolute atomic E-state index is 11.2. The summed E-state index contributed by atoms with van der Waals surface area (Å²) >= 11 is 0. The molecule has 0 saturated heterocycles. The number of ether oxygens (including phenoxy) is 2. The predicted molar refractivity (Wildman–Crippen MR) is 69.7 cm³/mol. The second-order valence-corrected chi connectivity index (χ2v) is 4.46. The van der Waals surface area contributed by atoms with Gasteiger partial charge in [-0.2, -0.15) is 0 Å². The van der Waals surface area contributed by atoms with Crippen molar-refractivity contribution < 1.29 is 19.4 Å². The van der Waals surface area contributed by atoms with Crippen LogP contribution in [0.2, 0.25) is 0 Å². The molecule has 0 bridgehead atoms. The zero-order valence-corrected chi connectivity index (χ0v) is 11.4. The van der Waals surface area contributed by atoms with Crippen LogP contribution in [0.25, 0.3) is 0 Å². The second-order valence-electron chi connectivity index (χ2n) is 4.46. The van der Waals surface area contributed by atoms with Crippen molar-refractivity contribution in [3.05, 3.63) is 18.2 Å². The summed E-state index contributed by atoms with van der Waals surface area (Å²) in [6.45, 7) is 3.29. The maximum Gasteiger partial charge on any atom is 0.328 e. The predicted octanol–water partition coefficient (Wildman–Crippen LogP) is 2.00. The molecule has 5 heteroatoms. The van der Waals surface area contributed by atoms with Gasteiger partial charge in [0, 0.05) is 18.8 Å². The number of carbonyl (C=O) groups is 1. The lowest BCUT2D eigenvalue weighted by atomic mass is 10.0. The molecule has 0 aromatic heterocycles. The highest BCUT2D eigenvalue weighted by Crippen LogP contribution is 2.33. The number of likely N-dealkylation sites (N-methyl/N-ethyl adjacent to an activating group) is 1. The Hall–Kier alpha value is -1.91. The van der Waals surface area contributed by atoms with Crippen LogP contribution < -0.4 is 14.4 Å². The molecule has 0 aliphatic rings. The molecule has 0 fully saturated rings. The molecule has 1 aromatic carbocycles. The molecule has 18 heavy (non-hydrogen) atoms. The van der Waals surface area contributed by atoms with Gasteiger partial charge in [-0.25, -0.2) is 4.79 Å². The molecule has 0 heterocycles. The van der Waals surface area contributed by atoms with Crippen LogP contribution in [0.15, 0.2) is 18.2 Å². The lowest BCUT2D eigenvalue weighted by Crippen LogP contribution is -2.48. The van der Waals surface area contributed by atoms with Gasteiger partial charge < -0.3 is 19.5 Å². The van der Waals surface area contributed by atoms with E-state index in [9.17, 15) is 9.90 Å². The molecule has 0 aliphatic heterocycles. The minimum Gasteiger partial charge on any atom is -0.493 e. The molecule has 100 valence electrons. The van der Waals surface area contributed by atoms with Crippen LogP contribution in [-0.4, -0.2) is 37.9 Å². The lowest BCUT2D eigenvalue weighted by Gasteiger charge is -2.33. The van der Waals surface area contributed by atoms with Crippen LogP contribution >= 0.6 is 0 Å². The van der Waals surface area contributed by atoms with Crippen LogP contribution in [0, 0.1) is 0 Å². The SMILES string of the molecule is COc1ccc(N(C)C(C)(C)C(=O)O)cc1OC. The molecular formula is C13H19NO4. The van der Waals surface area contributed by atoms with Gasteiger partial charge >= 0.3 is 5.97 Å². The van der Waals surface area contributed by atoms with Crippen molar-refractivity contribution in [3.8, 4) is 11.5 Å². The Morgan fingerprint density at radius 3 is 2.22 bits per heavy atom. The number of carboxylic acid groups (broad SMARTS) is 1. The fraction of sp³-hybridized carbons (Fsp3) is 0.462. The van der Waals surface area contributed by atoms with E-state index >= 15 is 0 Å². The van der Waals surface area contributed by atoms with E-state index in [1.807, 2.05) is 0 Å². The van der Waals surface area contributed by atoms with Crippen molar-refractivity contribution in [3.63, 3.8) is 0 Å². The Morgan fingerprint density at radius 2 is 1.78 bits per heavy atom. The first-order valence-corrected chi connectivity index (χ1v) is 5.53. The van der Waals surface area contributed by atoms with Crippen molar-refractivity contribution in [2.75, 3.05) is 26.2 Å². The monoisotopic (exact) mass is 253 g/mol. The second kappa shape index (κ2) is 5.16. The summed E-state index contributed by atoms with van der Waals surface area (Å²) in [4.78, 5) is 12.9. The van der Waals surface area contributed by atoms with E-state index < -0.39 is 11.5 Å². The molecule has 0 radical (unpaired) electrons. The van der Waals surface area contributed by atoms with Crippen LogP contribution in [0.4, 0.5) is 5.69 Å². The topological polar surface area (TPSA) is 59.0 Å². The maximum atomic E-state index is 11.2. The number of methoxy groups -OCH3 is 2. The molecule has 0 saturated carbocycles. The number of benzene rings is 1.